The Labute approximate surface area is 402 Å². The second-order valence-electron chi connectivity index (χ2n) is 18.6. The number of aliphatic hydroxyl groups excluding tert-OH is 2. The lowest BCUT2D eigenvalue weighted by molar-refractivity contribution is -0.151. The molecule has 6 nitrogen and oxygen atoms in total. The van der Waals surface area contributed by atoms with Crippen LogP contribution >= 0.6 is 0 Å². The molecule has 0 heterocycles. The Balaban J connectivity index is 4.64. The highest BCUT2D eigenvalue weighted by molar-refractivity contribution is 5.77. The van der Waals surface area contributed by atoms with E-state index in [9.17, 15) is 19.8 Å². The third-order valence-electron chi connectivity index (χ3n) is 12.3. The highest BCUT2D eigenvalue weighted by atomic mass is 16.5. The summed E-state index contributed by atoms with van der Waals surface area (Å²) < 4.78 is 5.93. The lowest BCUT2D eigenvalue weighted by atomic mass is 10.0. The zero-order chi connectivity index (χ0) is 47.4. The second-order valence-corrected chi connectivity index (χ2v) is 18.6. The predicted octanol–water partition coefficient (Wildman–Crippen LogP) is 17.0. The number of hydrogen-bond acceptors (Lipinski definition) is 5. The Hall–Kier alpha value is -2.70. The average molecular weight is 908 g/mol. The fourth-order valence-corrected chi connectivity index (χ4v) is 8.10. The summed E-state index contributed by atoms with van der Waals surface area (Å²) in [5, 5.41) is 23.8. The van der Waals surface area contributed by atoms with Crippen molar-refractivity contribution < 1.29 is 24.5 Å². The van der Waals surface area contributed by atoms with Crippen LogP contribution in [0.25, 0.3) is 0 Å². The van der Waals surface area contributed by atoms with E-state index >= 15 is 0 Å². The Morgan fingerprint density at radius 1 is 0.462 bits per heavy atom. The number of amides is 1. The van der Waals surface area contributed by atoms with Crippen LogP contribution in [0.4, 0.5) is 0 Å². The first-order chi connectivity index (χ1) is 32.0. The maximum absolute atomic E-state index is 13.2. The molecule has 1 amide bonds. The summed E-state index contributed by atoms with van der Waals surface area (Å²) in [4.78, 5) is 26.2. The van der Waals surface area contributed by atoms with E-state index in [1.54, 1.807) is 0 Å². The molecule has 3 unspecified atom stereocenters. The van der Waals surface area contributed by atoms with Crippen LogP contribution in [0.3, 0.4) is 0 Å². The molecule has 3 N–H and O–H groups in total. The molecule has 0 aromatic rings. The number of hydrogen-bond donors (Lipinski definition) is 3. The van der Waals surface area contributed by atoms with Gasteiger partial charge in [0.15, 0.2) is 0 Å². The molecule has 0 saturated carbocycles. The molecule has 0 spiro atoms. The zero-order valence-electron chi connectivity index (χ0n) is 42.9. The van der Waals surface area contributed by atoms with E-state index in [2.05, 4.69) is 99.0 Å². The molecule has 376 valence electrons. The minimum Gasteiger partial charge on any atom is -0.462 e. The molecule has 0 saturated heterocycles. The van der Waals surface area contributed by atoms with Gasteiger partial charge in [0.05, 0.1) is 25.2 Å². The summed E-state index contributed by atoms with van der Waals surface area (Å²) in [6.07, 6.45) is 66.7. The van der Waals surface area contributed by atoms with Gasteiger partial charge >= 0.3 is 5.97 Å². The number of esters is 1. The summed E-state index contributed by atoms with van der Waals surface area (Å²) in [5.74, 6) is -0.524. The predicted molar refractivity (Wildman–Crippen MR) is 282 cm³/mol. The van der Waals surface area contributed by atoms with Crippen molar-refractivity contribution in [3.63, 3.8) is 0 Å². The molecule has 0 aliphatic carbocycles. The van der Waals surface area contributed by atoms with Crippen molar-refractivity contribution >= 4 is 11.9 Å². The largest absolute Gasteiger partial charge is 0.462 e. The first kappa shape index (κ1) is 62.3. The van der Waals surface area contributed by atoms with E-state index in [4.69, 9.17) is 4.74 Å². The highest BCUT2D eigenvalue weighted by Gasteiger charge is 2.24. The summed E-state index contributed by atoms with van der Waals surface area (Å²) in [6.45, 7) is 6.34. The number of carbonyl (C=O) groups excluding carboxylic acids is 2. The van der Waals surface area contributed by atoms with Crippen LogP contribution in [0.5, 0.6) is 0 Å². The topological polar surface area (TPSA) is 95.9 Å². The van der Waals surface area contributed by atoms with E-state index in [0.29, 0.717) is 19.3 Å². The van der Waals surface area contributed by atoms with Gasteiger partial charge in [0.25, 0.3) is 0 Å². The van der Waals surface area contributed by atoms with Crippen LogP contribution in [0.1, 0.15) is 265 Å². The van der Waals surface area contributed by atoms with Gasteiger partial charge in [0, 0.05) is 6.42 Å². The van der Waals surface area contributed by atoms with Crippen molar-refractivity contribution in [2.24, 2.45) is 0 Å². The van der Waals surface area contributed by atoms with Crippen molar-refractivity contribution in [2.75, 3.05) is 6.61 Å². The number of allylic oxidation sites excluding steroid dienone is 12. The zero-order valence-corrected chi connectivity index (χ0v) is 42.9. The molecule has 0 radical (unpaired) electrons. The van der Waals surface area contributed by atoms with Gasteiger partial charge in [-0.05, 0) is 96.3 Å². The summed E-state index contributed by atoms with van der Waals surface area (Å²) in [5.41, 5.74) is 0. The van der Waals surface area contributed by atoms with Crippen LogP contribution in [0.15, 0.2) is 72.9 Å². The lowest BCUT2D eigenvalue weighted by Gasteiger charge is -2.24. The molecule has 6 heteroatoms. The smallest absolute Gasteiger partial charge is 0.306 e. The Kier molecular flexibility index (Phi) is 50.1. The third-order valence-corrected chi connectivity index (χ3v) is 12.3. The first-order valence-electron chi connectivity index (χ1n) is 27.7. The van der Waals surface area contributed by atoms with Gasteiger partial charge in [-0.3, -0.25) is 9.59 Å². The normalized spacial score (nSPS) is 13.7. The molecule has 65 heavy (non-hydrogen) atoms. The summed E-state index contributed by atoms with van der Waals surface area (Å²) >= 11 is 0. The van der Waals surface area contributed by atoms with Crippen molar-refractivity contribution in [3.8, 4) is 0 Å². The van der Waals surface area contributed by atoms with Crippen LogP contribution in [-0.4, -0.2) is 46.9 Å². The van der Waals surface area contributed by atoms with Crippen LogP contribution < -0.4 is 5.32 Å². The number of unbranched alkanes of at least 4 members (excludes halogenated alkanes) is 25. The van der Waals surface area contributed by atoms with Gasteiger partial charge in [-0.25, -0.2) is 0 Å². The van der Waals surface area contributed by atoms with E-state index in [1.807, 2.05) is 0 Å². The molecular formula is C59H105NO5. The SMILES string of the molecule is CC/C=C/C/C=C/C/C=C/CCCCCCCCC(=O)OC(CCCC/C=C\C/C=C\C/C=C\CCCCC)CC(=O)NC(CO)C(O)CCCCCCCCCCCCCCCCC. The standard InChI is InChI=1S/C59H105NO5/c1-4-7-10-13-16-19-22-25-28-31-34-37-40-43-46-49-52-59(64)65-55(50-47-44-41-38-35-32-29-26-23-20-17-14-11-8-5-2)53-58(63)60-56(54-61)57(62)51-48-45-42-39-36-33-30-27-24-21-18-15-12-9-6-3/h7,10,16-17,19-20,25-26,28-29,35,38,55-57,61-62H,4-6,8-9,11-15,18,21-24,27,30-34,36-37,39-54H2,1-3H3,(H,60,63)/b10-7+,19-16+,20-17-,28-25+,29-26-,38-35-. The van der Waals surface area contributed by atoms with Crippen molar-refractivity contribution in [3.05, 3.63) is 72.9 Å². The maximum Gasteiger partial charge on any atom is 0.306 e. The number of nitrogens with one attached hydrogen (secondary N) is 1. The monoisotopic (exact) mass is 908 g/mol. The fraction of sp³-hybridized carbons (Fsp3) is 0.763. The Bertz CT molecular complexity index is 1200. The summed E-state index contributed by atoms with van der Waals surface area (Å²) in [7, 11) is 0. The second kappa shape index (κ2) is 52.3. The number of carbonyl (C=O) groups is 2. The number of rotatable bonds is 49. The van der Waals surface area contributed by atoms with Crippen LogP contribution in [-0.2, 0) is 14.3 Å². The van der Waals surface area contributed by atoms with Crippen LogP contribution in [0.2, 0.25) is 0 Å². The van der Waals surface area contributed by atoms with E-state index in [0.717, 1.165) is 96.3 Å². The van der Waals surface area contributed by atoms with Gasteiger partial charge in [0.1, 0.15) is 6.10 Å². The van der Waals surface area contributed by atoms with E-state index in [1.165, 1.54) is 122 Å². The molecular weight excluding hydrogens is 803 g/mol. The molecule has 0 aromatic carbocycles. The van der Waals surface area contributed by atoms with Crippen molar-refractivity contribution in [2.45, 2.75) is 283 Å². The Morgan fingerprint density at radius 3 is 1.31 bits per heavy atom. The summed E-state index contributed by atoms with van der Waals surface area (Å²) in [6, 6.07) is -0.720. The third kappa shape index (κ3) is 47.6. The van der Waals surface area contributed by atoms with Crippen molar-refractivity contribution in [1.29, 1.82) is 0 Å². The molecule has 3 atom stereocenters. The Morgan fingerprint density at radius 2 is 0.831 bits per heavy atom. The van der Waals surface area contributed by atoms with Gasteiger partial charge in [0.2, 0.25) is 5.91 Å². The maximum atomic E-state index is 13.2. The number of ether oxygens (including phenoxy) is 1. The minimum absolute atomic E-state index is 0.0443. The van der Waals surface area contributed by atoms with Gasteiger partial charge in [-0.2, -0.15) is 0 Å². The van der Waals surface area contributed by atoms with Gasteiger partial charge < -0.3 is 20.3 Å². The quantitative estimate of drug-likeness (QED) is 0.0321. The van der Waals surface area contributed by atoms with E-state index < -0.39 is 18.2 Å². The molecule has 0 bridgehead atoms. The molecule has 0 aliphatic heterocycles. The van der Waals surface area contributed by atoms with Gasteiger partial charge in [-0.15, -0.1) is 0 Å². The molecule has 0 aromatic heterocycles. The van der Waals surface area contributed by atoms with Gasteiger partial charge in [-0.1, -0.05) is 229 Å². The minimum atomic E-state index is -0.803. The average Bonchev–Trinajstić information content (AvgIpc) is 3.30. The van der Waals surface area contributed by atoms with Crippen molar-refractivity contribution in [1.82, 2.24) is 5.32 Å². The molecule has 0 fully saturated rings. The lowest BCUT2D eigenvalue weighted by Crippen LogP contribution is -2.46. The molecule has 0 aliphatic rings. The first-order valence-corrected chi connectivity index (χ1v) is 27.7. The number of aliphatic hydroxyl groups is 2. The van der Waals surface area contributed by atoms with Crippen LogP contribution in [0, 0.1) is 0 Å². The molecule has 0 rings (SSSR count). The fourth-order valence-electron chi connectivity index (χ4n) is 8.10. The highest BCUT2D eigenvalue weighted by Crippen LogP contribution is 2.17. The van der Waals surface area contributed by atoms with E-state index in [-0.39, 0.29) is 24.9 Å².